The van der Waals surface area contributed by atoms with Crippen LogP contribution < -0.4 is 0 Å². The first kappa shape index (κ1) is 69.6. The van der Waals surface area contributed by atoms with Crippen LogP contribution in [-0.4, -0.2) is 89.2 Å². The Morgan fingerprint density at radius 1 is 0.442 bits per heavy atom. The molecule has 0 aromatic carbocycles. The Morgan fingerprint density at radius 2 is 0.844 bits per heavy atom. The summed E-state index contributed by atoms with van der Waals surface area (Å²) < 4.78 is 28.2. The molecule has 1 aliphatic rings. The van der Waals surface area contributed by atoms with Gasteiger partial charge in [-0.25, -0.2) is 4.79 Å². The van der Waals surface area contributed by atoms with Gasteiger partial charge in [-0.3, -0.25) is 14.4 Å². The molecule has 0 amide bonds. The molecule has 1 fully saturated rings. The molecular weight excluding hydrogens is 973 g/mol. The van der Waals surface area contributed by atoms with E-state index in [2.05, 4.69) is 154 Å². The van der Waals surface area contributed by atoms with Crippen LogP contribution in [0, 0.1) is 0 Å². The zero-order valence-corrected chi connectivity index (χ0v) is 47.1. The van der Waals surface area contributed by atoms with E-state index in [0.717, 1.165) is 116 Å². The number of rotatable bonds is 46. The van der Waals surface area contributed by atoms with Crippen molar-refractivity contribution >= 4 is 23.9 Å². The quantitative estimate of drug-likeness (QED) is 0.0228. The molecule has 77 heavy (non-hydrogen) atoms. The van der Waals surface area contributed by atoms with E-state index in [0.29, 0.717) is 32.1 Å². The van der Waals surface area contributed by atoms with E-state index in [9.17, 15) is 34.5 Å². The molecule has 0 bridgehead atoms. The van der Waals surface area contributed by atoms with Crippen LogP contribution >= 0.6 is 0 Å². The minimum Gasteiger partial charge on any atom is -0.479 e. The Hall–Kier alpha value is -5.40. The Balaban J connectivity index is 2.79. The number of carboxylic acid groups (broad SMARTS) is 1. The molecule has 430 valence electrons. The van der Waals surface area contributed by atoms with E-state index in [-0.39, 0.29) is 25.9 Å². The topological polar surface area (TPSA) is 175 Å². The average Bonchev–Trinajstić information content (AvgIpc) is 3.42. The molecule has 0 aromatic heterocycles. The molecule has 1 rings (SSSR count). The third-order valence-corrected chi connectivity index (χ3v) is 11.9. The lowest BCUT2D eigenvalue weighted by Crippen LogP contribution is -2.61. The molecule has 6 unspecified atom stereocenters. The highest BCUT2D eigenvalue weighted by Gasteiger charge is 2.50. The van der Waals surface area contributed by atoms with E-state index in [1.54, 1.807) is 0 Å². The maximum Gasteiger partial charge on any atom is 0.335 e. The SMILES string of the molecule is CC/C=C\C/C=C\C/C=C\C/C=C\C/C=C\C/C=C\CCC(=O)OCC(COC1OC(C(=O)O)C(O)C(O)C1OC(=O)CCCC/C=C\C/C=C\C/C=C\C/C=C\CC)OC(=O)CCCCCCC/C=C\C/C=C\CCC. The lowest BCUT2D eigenvalue weighted by molar-refractivity contribution is -0.301. The van der Waals surface area contributed by atoms with Gasteiger partial charge in [0.1, 0.15) is 18.8 Å². The summed E-state index contributed by atoms with van der Waals surface area (Å²) in [5, 5.41) is 31.4. The fraction of sp³-hybridized carbons (Fsp3) is 0.569. The number of carbonyl (C=O) groups is 4. The number of aliphatic hydroxyl groups excluding tert-OH is 2. The molecule has 0 aliphatic carbocycles. The van der Waals surface area contributed by atoms with E-state index in [4.69, 9.17) is 23.7 Å². The molecule has 1 saturated heterocycles. The highest BCUT2D eigenvalue weighted by atomic mass is 16.7. The van der Waals surface area contributed by atoms with Crippen LogP contribution in [0.15, 0.2) is 146 Å². The van der Waals surface area contributed by atoms with Gasteiger partial charge in [0.25, 0.3) is 0 Å². The normalized spacial score (nSPS) is 19.1. The lowest BCUT2D eigenvalue weighted by atomic mass is 9.98. The highest BCUT2D eigenvalue weighted by Crippen LogP contribution is 2.26. The fourth-order valence-electron chi connectivity index (χ4n) is 7.54. The van der Waals surface area contributed by atoms with Crippen LogP contribution in [0.4, 0.5) is 0 Å². The lowest BCUT2D eigenvalue weighted by Gasteiger charge is -2.40. The van der Waals surface area contributed by atoms with Gasteiger partial charge in [0, 0.05) is 19.3 Å². The summed E-state index contributed by atoms with van der Waals surface area (Å²) in [7, 11) is 0. The number of aliphatic carboxylic acids is 1. The third-order valence-electron chi connectivity index (χ3n) is 11.9. The van der Waals surface area contributed by atoms with Gasteiger partial charge in [-0.2, -0.15) is 0 Å². The van der Waals surface area contributed by atoms with Crippen molar-refractivity contribution < 1.29 is 58.2 Å². The predicted octanol–water partition coefficient (Wildman–Crippen LogP) is 14.8. The van der Waals surface area contributed by atoms with E-state index in [1.807, 2.05) is 12.2 Å². The van der Waals surface area contributed by atoms with Crippen molar-refractivity contribution in [1.29, 1.82) is 0 Å². The first-order chi connectivity index (χ1) is 37.6. The summed E-state index contributed by atoms with van der Waals surface area (Å²) in [6.07, 6.45) is 61.2. The van der Waals surface area contributed by atoms with Crippen LogP contribution in [0.5, 0.6) is 0 Å². The van der Waals surface area contributed by atoms with Crippen molar-refractivity contribution in [1.82, 2.24) is 0 Å². The molecule has 0 radical (unpaired) electrons. The standard InChI is InChI=1S/C65H98O12/c1-4-7-10-13-16-19-22-25-27-28-29-30-32-34-36-39-42-45-48-51-57(66)73-54-56(75-58(67)52-49-46-43-40-37-33-24-21-18-15-12-9-6-3)55-74-65-63(61(70)60(69)62(77-65)64(71)72)76-59(68)53-50-47-44-41-38-35-31-26-23-20-17-14-11-8-5-2/h7-8,10-12,15-17,19-21,24-27,29-31,34,36,38,41-42,45,56,60-63,65,69-70H,4-6,9,13-14,18,22-23,28,32-33,35,37,39-40,43-44,46-55H2,1-3H3,(H,71,72)/b10-7-,11-8-,15-12-,19-16-,20-17-,24-21-,27-25-,30-29-,31-26-,36-34-,41-38-,45-42-. The van der Waals surface area contributed by atoms with Crippen molar-refractivity contribution in [3.8, 4) is 0 Å². The van der Waals surface area contributed by atoms with Crippen LogP contribution in [-0.2, 0) is 42.9 Å². The zero-order valence-electron chi connectivity index (χ0n) is 47.1. The summed E-state index contributed by atoms with van der Waals surface area (Å²) in [6, 6.07) is 0. The Bertz CT molecular complexity index is 1890. The second kappa shape index (κ2) is 51.4. The predicted molar refractivity (Wildman–Crippen MR) is 312 cm³/mol. The maximum atomic E-state index is 13.1. The van der Waals surface area contributed by atoms with E-state index < -0.39 is 67.3 Å². The van der Waals surface area contributed by atoms with E-state index in [1.165, 1.54) is 0 Å². The van der Waals surface area contributed by atoms with Crippen molar-refractivity contribution in [3.63, 3.8) is 0 Å². The van der Waals surface area contributed by atoms with Gasteiger partial charge >= 0.3 is 23.9 Å². The van der Waals surface area contributed by atoms with Crippen LogP contribution in [0.25, 0.3) is 0 Å². The second-order valence-corrected chi connectivity index (χ2v) is 18.8. The Morgan fingerprint density at radius 3 is 1.32 bits per heavy atom. The van der Waals surface area contributed by atoms with Crippen molar-refractivity contribution in [3.05, 3.63) is 146 Å². The second-order valence-electron chi connectivity index (χ2n) is 18.8. The summed E-state index contributed by atoms with van der Waals surface area (Å²) in [4.78, 5) is 51.0. The number of carbonyl (C=O) groups excluding carboxylic acids is 3. The Kier molecular flexibility index (Phi) is 46.4. The van der Waals surface area contributed by atoms with Gasteiger partial charge in [-0.15, -0.1) is 0 Å². The molecule has 12 nitrogen and oxygen atoms in total. The van der Waals surface area contributed by atoms with Crippen molar-refractivity contribution in [2.75, 3.05) is 13.2 Å². The first-order valence-corrected chi connectivity index (χ1v) is 28.8. The zero-order chi connectivity index (χ0) is 56.1. The largest absolute Gasteiger partial charge is 0.479 e. The van der Waals surface area contributed by atoms with Crippen molar-refractivity contribution in [2.24, 2.45) is 0 Å². The summed E-state index contributed by atoms with van der Waals surface area (Å²) in [6.45, 7) is 5.57. The number of aliphatic hydroxyl groups is 2. The number of ether oxygens (including phenoxy) is 5. The van der Waals surface area contributed by atoms with Crippen LogP contribution in [0.2, 0.25) is 0 Å². The average molecular weight is 1070 g/mol. The smallest absolute Gasteiger partial charge is 0.335 e. The van der Waals surface area contributed by atoms with Crippen LogP contribution in [0.3, 0.4) is 0 Å². The molecule has 0 aromatic rings. The van der Waals surface area contributed by atoms with Gasteiger partial charge in [-0.1, -0.05) is 192 Å². The monoisotopic (exact) mass is 1070 g/mol. The Labute approximate surface area is 463 Å². The number of hydrogen-bond donors (Lipinski definition) is 3. The summed E-state index contributed by atoms with van der Waals surface area (Å²) in [5.74, 6) is -3.34. The molecule has 1 aliphatic heterocycles. The van der Waals surface area contributed by atoms with Gasteiger partial charge in [0.05, 0.1) is 6.61 Å². The molecule has 0 saturated carbocycles. The fourth-order valence-corrected chi connectivity index (χ4v) is 7.54. The van der Waals surface area contributed by atoms with Gasteiger partial charge in [0.2, 0.25) is 0 Å². The minimum atomic E-state index is -1.94. The van der Waals surface area contributed by atoms with Crippen molar-refractivity contribution in [2.45, 2.75) is 225 Å². The molecule has 6 atom stereocenters. The molecular formula is C65H98O12. The number of unbranched alkanes of at least 4 members (excludes halogenated alkanes) is 8. The first-order valence-electron chi connectivity index (χ1n) is 28.8. The van der Waals surface area contributed by atoms with Crippen LogP contribution in [0.1, 0.15) is 188 Å². The maximum absolute atomic E-state index is 13.1. The third kappa shape index (κ3) is 41.4. The molecule has 0 spiro atoms. The van der Waals surface area contributed by atoms with Gasteiger partial charge in [-0.05, 0) is 122 Å². The van der Waals surface area contributed by atoms with E-state index >= 15 is 0 Å². The number of hydrogen-bond acceptors (Lipinski definition) is 11. The summed E-state index contributed by atoms with van der Waals surface area (Å²) in [5.41, 5.74) is 0. The number of allylic oxidation sites excluding steroid dienone is 24. The highest BCUT2D eigenvalue weighted by molar-refractivity contribution is 5.74. The van der Waals surface area contributed by atoms with Gasteiger partial charge in [0.15, 0.2) is 24.6 Å². The molecule has 12 heteroatoms. The molecule has 1 heterocycles. The number of esters is 3. The minimum absolute atomic E-state index is 0.00919. The van der Waals surface area contributed by atoms with Gasteiger partial charge < -0.3 is 39.0 Å². The number of carboxylic acids is 1. The summed E-state index contributed by atoms with van der Waals surface area (Å²) >= 11 is 0. The molecule has 3 N–H and O–H groups in total.